The Morgan fingerprint density at radius 1 is 0.895 bits per heavy atom. The molecule has 19 heavy (non-hydrogen) atoms. The zero-order valence-electron chi connectivity index (χ0n) is 13.0. The Bertz CT molecular complexity index is 273. The van der Waals surface area contributed by atoms with E-state index >= 15 is 0 Å². The van der Waals surface area contributed by atoms with Gasteiger partial charge >= 0.3 is 0 Å². The van der Waals surface area contributed by atoms with E-state index < -0.39 is 5.60 Å². The second-order valence-corrected chi connectivity index (χ2v) is 7.22. The zero-order chi connectivity index (χ0) is 13.9. The fraction of sp³-hybridized carbons (Fsp3) is 1.00. The standard InChI is InChI=1S/C17H33NO/c1-3-14-5-9-16(13-18,10-6-14)17(19)11-7-15(4-2)8-12-17/h14-15,19H,3-13,18H2,1-2H3. The summed E-state index contributed by atoms with van der Waals surface area (Å²) in [5, 5.41) is 11.2. The van der Waals surface area contributed by atoms with Crippen LogP contribution >= 0.6 is 0 Å². The lowest BCUT2D eigenvalue weighted by molar-refractivity contribution is -0.133. The van der Waals surface area contributed by atoms with Crippen molar-refractivity contribution in [3.05, 3.63) is 0 Å². The number of nitrogens with two attached hydrogens (primary N) is 1. The van der Waals surface area contributed by atoms with Crippen LogP contribution in [0.25, 0.3) is 0 Å². The fourth-order valence-electron chi connectivity index (χ4n) is 4.59. The van der Waals surface area contributed by atoms with Crippen LogP contribution in [0.2, 0.25) is 0 Å². The highest BCUT2D eigenvalue weighted by molar-refractivity contribution is 5.03. The van der Waals surface area contributed by atoms with Gasteiger partial charge in [-0.25, -0.2) is 0 Å². The van der Waals surface area contributed by atoms with Crippen molar-refractivity contribution >= 4 is 0 Å². The molecule has 0 aromatic carbocycles. The Morgan fingerprint density at radius 2 is 1.32 bits per heavy atom. The first-order valence-electron chi connectivity index (χ1n) is 8.51. The van der Waals surface area contributed by atoms with Gasteiger partial charge in [0.15, 0.2) is 0 Å². The summed E-state index contributed by atoms with van der Waals surface area (Å²) < 4.78 is 0. The normalized spacial score (nSPS) is 44.2. The molecule has 0 bridgehead atoms. The van der Waals surface area contributed by atoms with Crippen molar-refractivity contribution in [3.63, 3.8) is 0 Å². The maximum atomic E-state index is 11.2. The molecule has 2 heteroatoms. The Labute approximate surface area is 119 Å². The molecule has 2 saturated carbocycles. The summed E-state index contributed by atoms with van der Waals surface area (Å²) in [6.07, 6.45) is 11.8. The molecule has 3 N–H and O–H groups in total. The Hall–Kier alpha value is -0.0800. The molecule has 2 nitrogen and oxygen atoms in total. The maximum absolute atomic E-state index is 11.2. The predicted octanol–water partition coefficient (Wildman–Crippen LogP) is 3.86. The van der Waals surface area contributed by atoms with Gasteiger partial charge in [0, 0.05) is 12.0 Å². The summed E-state index contributed by atoms with van der Waals surface area (Å²) >= 11 is 0. The van der Waals surface area contributed by atoms with Crippen molar-refractivity contribution in [2.75, 3.05) is 6.54 Å². The molecule has 112 valence electrons. The molecule has 2 fully saturated rings. The third-order valence-electron chi connectivity index (χ3n) is 6.53. The van der Waals surface area contributed by atoms with Crippen molar-refractivity contribution in [1.29, 1.82) is 0 Å². The third-order valence-corrected chi connectivity index (χ3v) is 6.53. The van der Waals surface area contributed by atoms with Crippen LogP contribution in [0.3, 0.4) is 0 Å². The van der Waals surface area contributed by atoms with Crippen LogP contribution in [0, 0.1) is 17.3 Å². The summed E-state index contributed by atoms with van der Waals surface area (Å²) in [5.41, 5.74) is 5.71. The van der Waals surface area contributed by atoms with Gasteiger partial charge in [-0.15, -0.1) is 0 Å². The van der Waals surface area contributed by atoms with E-state index in [0.29, 0.717) is 6.54 Å². The Balaban J connectivity index is 2.05. The molecule has 0 atom stereocenters. The van der Waals surface area contributed by atoms with Crippen LogP contribution in [0.1, 0.15) is 78.1 Å². The molecular weight excluding hydrogens is 234 g/mol. The summed E-state index contributed by atoms with van der Waals surface area (Å²) in [6, 6.07) is 0. The molecule has 0 heterocycles. The first kappa shape index (κ1) is 15.3. The Kier molecular flexibility index (Phi) is 4.94. The molecule has 0 amide bonds. The van der Waals surface area contributed by atoms with Crippen molar-refractivity contribution in [2.45, 2.75) is 83.7 Å². The van der Waals surface area contributed by atoms with Crippen LogP contribution in [0.4, 0.5) is 0 Å². The maximum Gasteiger partial charge on any atom is 0.0716 e. The lowest BCUT2D eigenvalue weighted by Crippen LogP contribution is -2.55. The molecule has 2 aliphatic rings. The topological polar surface area (TPSA) is 46.2 Å². The Morgan fingerprint density at radius 3 is 1.68 bits per heavy atom. The van der Waals surface area contributed by atoms with Crippen LogP contribution in [0.15, 0.2) is 0 Å². The molecule has 0 spiro atoms. The summed E-state index contributed by atoms with van der Waals surface area (Å²) in [5.74, 6) is 1.71. The second-order valence-electron chi connectivity index (χ2n) is 7.22. The van der Waals surface area contributed by atoms with E-state index in [2.05, 4.69) is 13.8 Å². The molecule has 0 aromatic heterocycles. The minimum atomic E-state index is -0.466. The minimum Gasteiger partial charge on any atom is -0.389 e. The van der Waals surface area contributed by atoms with Crippen LogP contribution in [-0.4, -0.2) is 17.3 Å². The van der Waals surface area contributed by atoms with Crippen LogP contribution in [-0.2, 0) is 0 Å². The van der Waals surface area contributed by atoms with Gasteiger partial charge in [0.2, 0.25) is 0 Å². The van der Waals surface area contributed by atoms with Crippen molar-refractivity contribution in [1.82, 2.24) is 0 Å². The molecule has 2 rings (SSSR count). The fourth-order valence-corrected chi connectivity index (χ4v) is 4.59. The summed E-state index contributed by atoms with van der Waals surface area (Å²) in [6.45, 7) is 5.25. The lowest BCUT2D eigenvalue weighted by atomic mass is 9.56. The summed E-state index contributed by atoms with van der Waals surface area (Å²) in [7, 11) is 0. The first-order valence-corrected chi connectivity index (χ1v) is 8.51. The van der Waals surface area contributed by atoms with Gasteiger partial charge in [0.25, 0.3) is 0 Å². The zero-order valence-corrected chi connectivity index (χ0v) is 13.0. The first-order chi connectivity index (χ1) is 9.09. The van der Waals surface area contributed by atoms with Gasteiger partial charge in [-0.3, -0.25) is 0 Å². The van der Waals surface area contributed by atoms with Crippen molar-refractivity contribution < 1.29 is 5.11 Å². The molecule has 0 aliphatic heterocycles. The molecule has 0 unspecified atom stereocenters. The van der Waals surface area contributed by atoms with E-state index in [0.717, 1.165) is 37.5 Å². The largest absolute Gasteiger partial charge is 0.389 e. The van der Waals surface area contributed by atoms with Crippen LogP contribution < -0.4 is 5.73 Å². The van der Waals surface area contributed by atoms with E-state index in [9.17, 15) is 5.11 Å². The van der Waals surface area contributed by atoms with Gasteiger partial charge in [-0.1, -0.05) is 26.7 Å². The average Bonchev–Trinajstić information content (AvgIpc) is 2.48. The number of hydrogen-bond acceptors (Lipinski definition) is 2. The van der Waals surface area contributed by atoms with Gasteiger partial charge in [-0.2, -0.15) is 0 Å². The number of rotatable bonds is 4. The van der Waals surface area contributed by atoms with E-state index in [1.54, 1.807) is 0 Å². The molecular formula is C17H33NO. The quantitative estimate of drug-likeness (QED) is 0.812. The average molecular weight is 267 g/mol. The third kappa shape index (κ3) is 2.85. The highest BCUT2D eigenvalue weighted by Gasteiger charge is 2.51. The second kappa shape index (κ2) is 6.13. The van der Waals surface area contributed by atoms with E-state index in [-0.39, 0.29) is 5.41 Å². The molecule has 0 aromatic rings. The lowest BCUT2D eigenvalue weighted by Gasteiger charge is -2.53. The number of aliphatic hydroxyl groups is 1. The SMILES string of the molecule is CCC1CCC(O)(C2(CN)CCC(CC)CC2)CC1. The molecule has 0 radical (unpaired) electrons. The van der Waals surface area contributed by atoms with Gasteiger partial charge in [0.05, 0.1) is 5.60 Å². The van der Waals surface area contributed by atoms with Gasteiger partial charge in [-0.05, 0) is 63.2 Å². The minimum absolute atomic E-state index is 0.0252. The van der Waals surface area contributed by atoms with E-state index in [4.69, 9.17) is 5.73 Å². The van der Waals surface area contributed by atoms with Crippen LogP contribution in [0.5, 0.6) is 0 Å². The van der Waals surface area contributed by atoms with Crippen molar-refractivity contribution in [3.8, 4) is 0 Å². The smallest absolute Gasteiger partial charge is 0.0716 e. The summed E-state index contributed by atoms with van der Waals surface area (Å²) in [4.78, 5) is 0. The highest BCUT2D eigenvalue weighted by atomic mass is 16.3. The van der Waals surface area contributed by atoms with Crippen molar-refractivity contribution in [2.24, 2.45) is 23.0 Å². The highest BCUT2D eigenvalue weighted by Crippen LogP contribution is 2.52. The van der Waals surface area contributed by atoms with E-state index in [1.165, 1.54) is 38.5 Å². The predicted molar refractivity (Wildman–Crippen MR) is 80.9 cm³/mol. The molecule has 2 aliphatic carbocycles. The number of hydrogen-bond donors (Lipinski definition) is 2. The van der Waals surface area contributed by atoms with Gasteiger partial charge in [0.1, 0.15) is 0 Å². The monoisotopic (exact) mass is 267 g/mol. The van der Waals surface area contributed by atoms with E-state index in [1.807, 2.05) is 0 Å². The molecule has 0 saturated heterocycles. The van der Waals surface area contributed by atoms with Gasteiger partial charge < -0.3 is 10.8 Å².